The summed E-state index contributed by atoms with van der Waals surface area (Å²) in [5, 5.41) is 11.9. The van der Waals surface area contributed by atoms with E-state index in [1.165, 1.54) is 0 Å². The first-order valence-electron chi connectivity index (χ1n) is 11.2. The molecular weight excluding hydrogens is 392 g/mol. The van der Waals surface area contributed by atoms with Crippen LogP contribution in [0.3, 0.4) is 0 Å². The van der Waals surface area contributed by atoms with Crippen molar-refractivity contribution in [2.75, 3.05) is 6.54 Å². The van der Waals surface area contributed by atoms with Crippen LogP contribution in [0.15, 0.2) is 54.6 Å². The van der Waals surface area contributed by atoms with Crippen LogP contribution in [0.25, 0.3) is 0 Å². The summed E-state index contributed by atoms with van der Waals surface area (Å²) >= 11 is 0. The Morgan fingerprint density at radius 2 is 1.68 bits per heavy atom. The molecule has 0 unspecified atom stereocenters. The normalized spacial score (nSPS) is 20.3. The van der Waals surface area contributed by atoms with Gasteiger partial charge in [-0.1, -0.05) is 49.6 Å². The molecule has 6 heteroatoms. The lowest BCUT2D eigenvalue weighted by Gasteiger charge is -2.34. The first-order chi connectivity index (χ1) is 15.1. The van der Waals surface area contributed by atoms with Crippen LogP contribution >= 0.6 is 0 Å². The van der Waals surface area contributed by atoms with Crippen molar-refractivity contribution in [3.8, 4) is 11.5 Å². The molecule has 4 rings (SSSR count). The third-order valence-electron chi connectivity index (χ3n) is 6.42. The van der Waals surface area contributed by atoms with Gasteiger partial charge < -0.3 is 20.1 Å². The number of hydrogen-bond acceptors (Lipinski definition) is 3. The predicted octanol–water partition coefficient (Wildman–Crippen LogP) is 5.36. The summed E-state index contributed by atoms with van der Waals surface area (Å²) in [5.41, 5.74) is 1.03. The van der Waals surface area contributed by atoms with E-state index in [9.17, 15) is 14.7 Å². The fourth-order valence-electron chi connectivity index (χ4n) is 4.95. The van der Waals surface area contributed by atoms with Crippen molar-refractivity contribution in [1.29, 1.82) is 0 Å². The molecule has 1 saturated heterocycles. The van der Waals surface area contributed by atoms with Gasteiger partial charge in [-0.15, -0.1) is 0 Å². The van der Waals surface area contributed by atoms with E-state index in [4.69, 9.17) is 4.74 Å². The Kier molecular flexibility index (Phi) is 6.75. The summed E-state index contributed by atoms with van der Waals surface area (Å²) in [6, 6.07) is 16.8. The Labute approximate surface area is 183 Å². The molecule has 31 heavy (non-hydrogen) atoms. The minimum Gasteiger partial charge on any atom is -0.465 e. The molecule has 164 valence electrons. The third-order valence-corrected chi connectivity index (χ3v) is 6.42. The zero-order valence-electron chi connectivity index (χ0n) is 17.7. The van der Waals surface area contributed by atoms with Crippen LogP contribution in [0.2, 0.25) is 0 Å². The second-order valence-corrected chi connectivity index (χ2v) is 8.50. The molecule has 2 amide bonds. The largest absolute Gasteiger partial charge is 0.465 e. The van der Waals surface area contributed by atoms with Crippen LogP contribution in [-0.2, 0) is 4.79 Å². The maximum Gasteiger partial charge on any atom is 0.405 e. The zero-order chi connectivity index (χ0) is 21.6. The summed E-state index contributed by atoms with van der Waals surface area (Å²) in [4.78, 5) is 26.8. The minimum atomic E-state index is -1.13. The third kappa shape index (κ3) is 5.19. The van der Waals surface area contributed by atoms with Crippen molar-refractivity contribution in [1.82, 2.24) is 10.2 Å². The van der Waals surface area contributed by atoms with Gasteiger partial charge in [-0.3, -0.25) is 4.79 Å². The van der Waals surface area contributed by atoms with Crippen LogP contribution in [0.1, 0.15) is 56.6 Å². The number of carboxylic acid groups (broad SMARTS) is 1. The fraction of sp³-hybridized carbons (Fsp3) is 0.440. The number of carbonyl (C=O) groups excluding carboxylic acids is 1. The van der Waals surface area contributed by atoms with E-state index < -0.39 is 12.1 Å². The molecule has 1 aliphatic heterocycles. The Bertz CT molecular complexity index is 895. The van der Waals surface area contributed by atoms with Gasteiger partial charge >= 0.3 is 6.09 Å². The summed E-state index contributed by atoms with van der Waals surface area (Å²) in [7, 11) is 0. The molecule has 0 aromatic heterocycles. The molecule has 0 spiro atoms. The van der Waals surface area contributed by atoms with Gasteiger partial charge in [0, 0.05) is 6.54 Å². The van der Waals surface area contributed by atoms with Gasteiger partial charge in [0.05, 0.1) is 6.04 Å². The first-order valence-corrected chi connectivity index (χ1v) is 11.2. The molecule has 2 aromatic rings. The smallest absolute Gasteiger partial charge is 0.405 e. The lowest BCUT2D eigenvalue weighted by molar-refractivity contribution is -0.136. The quantitative estimate of drug-likeness (QED) is 0.657. The number of para-hydroxylation sites is 1. The van der Waals surface area contributed by atoms with Crippen molar-refractivity contribution < 1.29 is 19.4 Å². The number of nitrogens with zero attached hydrogens (tertiary/aromatic N) is 1. The van der Waals surface area contributed by atoms with Crippen molar-refractivity contribution in [2.45, 2.75) is 57.0 Å². The molecule has 2 aliphatic rings. The predicted molar refractivity (Wildman–Crippen MR) is 118 cm³/mol. The molecule has 1 heterocycles. The second-order valence-electron chi connectivity index (χ2n) is 8.50. The van der Waals surface area contributed by atoms with E-state index in [0.29, 0.717) is 6.54 Å². The van der Waals surface area contributed by atoms with Crippen LogP contribution in [0.5, 0.6) is 11.5 Å². The summed E-state index contributed by atoms with van der Waals surface area (Å²) in [6.45, 7) is 0.651. The summed E-state index contributed by atoms with van der Waals surface area (Å²) in [5.74, 6) is 1.48. The molecule has 2 fully saturated rings. The molecule has 2 aromatic carbocycles. The molecule has 2 N–H and O–H groups in total. The average Bonchev–Trinajstić information content (AvgIpc) is 3.28. The standard InChI is InChI=1S/C25H30N2O4/c28-24(23(26-25(29)30)18-9-3-1-4-10-18)27-16-8-15-22(27)19-11-7-14-21(17-19)31-20-12-5-2-6-13-20/h2,5-7,11-14,17-18,22-23,26H,1,3-4,8-10,15-16H2,(H,29,30)/t22-,23-/m0/s1. The number of likely N-dealkylation sites (tertiary alicyclic amines) is 1. The number of benzene rings is 2. The lowest BCUT2D eigenvalue weighted by Crippen LogP contribution is -2.52. The van der Waals surface area contributed by atoms with E-state index in [1.807, 2.05) is 59.5 Å². The summed E-state index contributed by atoms with van der Waals surface area (Å²) in [6.07, 6.45) is 5.71. The monoisotopic (exact) mass is 422 g/mol. The van der Waals surface area contributed by atoms with E-state index in [1.54, 1.807) is 0 Å². The van der Waals surface area contributed by atoms with Gasteiger partial charge in [0.15, 0.2) is 0 Å². The van der Waals surface area contributed by atoms with E-state index in [-0.39, 0.29) is 17.9 Å². The number of carbonyl (C=O) groups is 2. The van der Waals surface area contributed by atoms with Crippen LogP contribution in [0.4, 0.5) is 4.79 Å². The van der Waals surface area contributed by atoms with E-state index in [2.05, 4.69) is 5.32 Å². The van der Waals surface area contributed by atoms with Gasteiger partial charge in [0.1, 0.15) is 17.5 Å². The molecule has 2 atom stereocenters. The Morgan fingerprint density at radius 1 is 0.935 bits per heavy atom. The highest BCUT2D eigenvalue weighted by Gasteiger charge is 2.38. The lowest BCUT2D eigenvalue weighted by atomic mass is 9.83. The maximum atomic E-state index is 13.5. The van der Waals surface area contributed by atoms with Gasteiger partial charge in [-0.25, -0.2) is 4.79 Å². The molecule has 1 saturated carbocycles. The van der Waals surface area contributed by atoms with Crippen LogP contribution in [-0.4, -0.2) is 34.6 Å². The van der Waals surface area contributed by atoms with Gasteiger partial charge in [-0.2, -0.15) is 0 Å². The maximum absolute atomic E-state index is 13.5. The number of ether oxygens (including phenoxy) is 1. The van der Waals surface area contributed by atoms with Crippen molar-refractivity contribution in [3.63, 3.8) is 0 Å². The zero-order valence-corrected chi connectivity index (χ0v) is 17.7. The van der Waals surface area contributed by atoms with Crippen molar-refractivity contribution in [3.05, 3.63) is 60.2 Å². The molecule has 1 aliphatic carbocycles. The van der Waals surface area contributed by atoms with Crippen molar-refractivity contribution >= 4 is 12.0 Å². The van der Waals surface area contributed by atoms with Gasteiger partial charge in [-0.05, 0) is 61.4 Å². The van der Waals surface area contributed by atoms with Gasteiger partial charge in [0.25, 0.3) is 0 Å². The van der Waals surface area contributed by atoms with E-state index in [0.717, 1.165) is 62.0 Å². The minimum absolute atomic E-state index is 0.0616. The Hall–Kier alpha value is -3.02. The second kappa shape index (κ2) is 9.86. The molecule has 0 radical (unpaired) electrons. The average molecular weight is 423 g/mol. The van der Waals surface area contributed by atoms with Crippen LogP contribution in [0, 0.1) is 5.92 Å². The molecule has 0 bridgehead atoms. The van der Waals surface area contributed by atoms with Crippen LogP contribution < -0.4 is 10.1 Å². The highest BCUT2D eigenvalue weighted by molar-refractivity contribution is 5.86. The number of hydrogen-bond donors (Lipinski definition) is 2. The fourth-order valence-corrected chi connectivity index (χ4v) is 4.95. The molecule has 6 nitrogen and oxygen atoms in total. The Balaban J connectivity index is 1.53. The molecular formula is C25H30N2O4. The Morgan fingerprint density at radius 3 is 2.42 bits per heavy atom. The van der Waals surface area contributed by atoms with Gasteiger partial charge in [0.2, 0.25) is 5.91 Å². The topological polar surface area (TPSA) is 78.9 Å². The number of rotatable bonds is 6. The summed E-state index contributed by atoms with van der Waals surface area (Å²) < 4.78 is 5.98. The SMILES string of the molecule is O=C(O)N[C@H](C(=O)N1CCC[C@H]1c1cccc(Oc2ccccc2)c1)C1CCCCC1. The highest BCUT2D eigenvalue weighted by atomic mass is 16.5. The first kappa shape index (κ1) is 21.2. The highest BCUT2D eigenvalue weighted by Crippen LogP contribution is 2.36. The van der Waals surface area contributed by atoms with Crippen molar-refractivity contribution in [2.24, 2.45) is 5.92 Å². The number of amides is 2. The van der Waals surface area contributed by atoms with E-state index >= 15 is 0 Å². The number of nitrogens with one attached hydrogen (secondary N) is 1.